The summed E-state index contributed by atoms with van der Waals surface area (Å²) in [7, 11) is 0. The zero-order valence-electron chi connectivity index (χ0n) is 14.3. The molecule has 4 rings (SSSR count). The first-order chi connectivity index (χ1) is 12.6. The maximum Gasteiger partial charge on any atom is 0.338 e. The lowest BCUT2D eigenvalue weighted by Gasteiger charge is -2.30. The van der Waals surface area contributed by atoms with Crippen molar-refractivity contribution in [2.45, 2.75) is 26.0 Å². The second-order valence-corrected chi connectivity index (χ2v) is 7.25. The molecule has 0 fully saturated rings. The van der Waals surface area contributed by atoms with Crippen molar-refractivity contribution in [3.05, 3.63) is 64.7 Å². The smallest absolute Gasteiger partial charge is 0.338 e. The van der Waals surface area contributed by atoms with Crippen molar-refractivity contribution in [1.29, 1.82) is 0 Å². The normalized spacial score (nSPS) is 14.7. The molecule has 0 saturated heterocycles. The first-order valence-corrected chi connectivity index (χ1v) is 9.39. The molecule has 1 aliphatic heterocycles. The van der Waals surface area contributed by atoms with E-state index in [1.54, 1.807) is 35.5 Å². The van der Waals surface area contributed by atoms with E-state index in [9.17, 15) is 9.59 Å². The molecule has 5 nitrogen and oxygen atoms in total. The molecule has 0 saturated carbocycles. The lowest BCUT2D eigenvalue weighted by molar-refractivity contribution is -0.140. The number of hydrogen-bond acceptors (Lipinski definition) is 5. The molecule has 0 bridgehead atoms. The lowest BCUT2D eigenvalue weighted by Crippen LogP contribution is -2.42. The summed E-state index contributed by atoms with van der Waals surface area (Å²) in [5.74, 6) is -0.648. The number of esters is 1. The molecule has 1 amide bonds. The Kier molecular flexibility index (Phi) is 4.42. The molecular formula is C20H18N2O3S. The van der Waals surface area contributed by atoms with E-state index in [1.165, 1.54) is 16.9 Å². The average molecular weight is 366 g/mol. The molecule has 6 heteroatoms. The van der Waals surface area contributed by atoms with Crippen LogP contribution in [0.4, 0.5) is 0 Å². The molecule has 2 heterocycles. The van der Waals surface area contributed by atoms with Gasteiger partial charge in [0.25, 0.3) is 5.91 Å². The van der Waals surface area contributed by atoms with E-state index in [2.05, 4.69) is 11.1 Å². The van der Waals surface area contributed by atoms with Crippen molar-refractivity contribution in [2.24, 2.45) is 0 Å². The lowest BCUT2D eigenvalue weighted by atomic mass is 9.99. The molecule has 0 spiro atoms. The van der Waals surface area contributed by atoms with Crippen molar-refractivity contribution < 1.29 is 14.3 Å². The summed E-state index contributed by atoms with van der Waals surface area (Å²) in [4.78, 5) is 31.0. The third-order valence-corrected chi connectivity index (χ3v) is 5.43. The van der Waals surface area contributed by atoms with Gasteiger partial charge in [0.1, 0.15) is 0 Å². The Labute approximate surface area is 155 Å². The zero-order valence-corrected chi connectivity index (χ0v) is 15.2. The summed E-state index contributed by atoms with van der Waals surface area (Å²) in [6.45, 7) is 2.83. The van der Waals surface area contributed by atoms with Crippen LogP contribution in [0, 0.1) is 0 Å². The quantitative estimate of drug-likeness (QED) is 0.667. The highest BCUT2D eigenvalue weighted by atomic mass is 32.1. The Morgan fingerprint density at radius 3 is 2.85 bits per heavy atom. The van der Waals surface area contributed by atoms with Crippen molar-refractivity contribution in [3.63, 3.8) is 0 Å². The number of benzene rings is 2. The highest BCUT2D eigenvalue weighted by Gasteiger charge is 2.27. The number of ether oxygens (including phenoxy) is 1. The molecule has 0 N–H and O–H groups in total. The van der Waals surface area contributed by atoms with Gasteiger partial charge in [-0.25, -0.2) is 9.78 Å². The molecule has 132 valence electrons. The van der Waals surface area contributed by atoms with Gasteiger partial charge in [-0.05, 0) is 42.7 Å². The van der Waals surface area contributed by atoms with Crippen LogP contribution in [0.2, 0.25) is 0 Å². The van der Waals surface area contributed by atoms with E-state index in [-0.39, 0.29) is 5.91 Å². The zero-order chi connectivity index (χ0) is 18.1. The van der Waals surface area contributed by atoms with Crippen LogP contribution in [0.3, 0.4) is 0 Å². The predicted molar refractivity (Wildman–Crippen MR) is 100 cm³/mol. The Morgan fingerprint density at radius 2 is 2.00 bits per heavy atom. The molecule has 0 radical (unpaired) electrons. The standard InChI is InChI=1S/C20H18N2O3S/c1-13(19(23)22-9-8-14-4-2-3-5-16(14)11-22)25-20(24)15-6-7-17-18(10-15)26-12-21-17/h2-7,10,12-13H,8-9,11H2,1H3/t13-/m0/s1. The first kappa shape index (κ1) is 16.7. The van der Waals surface area contributed by atoms with Crippen LogP contribution in [-0.4, -0.2) is 34.4 Å². The number of carbonyl (C=O) groups is 2. The number of thiazole rings is 1. The van der Waals surface area contributed by atoms with Crippen LogP contribution in [0.5, 0.6) is 0 Å². The van der Waals surface area contributed by atoms with E-state index in [4.69, 9.17) is 4.74 Å². The minimum atomic E-state index is -0.815. The van der Waals surface area contributed by atoms with Gasteiger partial charge in [-0.3, -0.25) is 4.79 Å². The largest absolute Gasteiger partial charge is 0.449 e. The summed E-state index contributed by atoms with van der Waals surface area (Å²) in [5.41, 5.74) is 5.45. The molecule has 1 aliphatic rings. The highest BCUT2D eigenvalue weighted by Crippen LogP contribution is 2.21. The van der Waals surface area contributed by atoms with Crippen LogP contribution in [0.1, 0.15) is 28.4 Å². The van der Waals surface area contributed by atoms with Gasteiger partial charge >= 0.3 is 5.97 Å². The summed E-state index contributed by atoms with van der Waals surface area (Å²) in [6, 6.07) is 13.3. The third kappa shape index (κ3) is 3.20. The van der Waals surface area contributed by atoms with Crippen molar-refractivity contribution in [1.82, 2.24) is 9.88 Å². The fraction of sp³-hybridized carbons (Fsp3) is 0.250. The molecule has 3 aromatic rings. The number of amides is 1. The van der Waals surface area contributed by atoms with Gasteiger partial charge < -0.3 is 9.64 Å². The van der Waals surface area contributed by atoms with Gasteiger partial charge in [0.15, 0.2) is 6.10 Å². The van der Waals surface area contributed by atoms with Crippen LogP contribution < -0.4 is 0 Å². The number of aromatic nitrogens is 1. The number of nitrogens with zero attached hydrogens (tertiary/aromatic N) is 2. The number of carbonyl (C=O) groups excluding carboxylic acids is 2. The Hall–Kier alpha value is -2.73. The van der Waals surface area contributed by atoms with Crippen LogP contribution in [0.25, 0.3) is 10.2 Å². The Balaban J connectivity index is 1.43. The fourth-order valence-electron chi connectivity index (χ4n) is 3.20. The SMILES string of the molecule is C[C@H](OC(=O)c1ccc2ncsc2c1)C(=O)N1CCc2ccccc2C1. The average Bonchev–Trinajstić information content (AvgIpc) is 3.14. The van der Waals surface area contributed by atoms with E-state index in [1.807, 2.05) is 18.2 Å². The van der Waals surface area contributed by atoms with Gasteiger partial charge in [-0.1, -0.05) is 24.3 Å². The summed E-state index contributed by atoms with van der Waals surface area (Å²) in [6.07, 6.45) is 0.00914. The van der Waals surface area contributed by atoms with Gasteiger partial charge in [-0.15, -0.1) is 11.3 Å². The van der Waals surface area contributed by atoms with E-state index in [0.29, 0.717) is 18.7 Å². The molecule has 0 unspecified atom stereocenters. The van der Waals surface area contributed by atoms with E-state index < -0.39 is 12.1 Å². The predicted octanol–water partition coefficient (Wildman–Crippen LogP) is 3.43. The minimum Gasteiger partial charge on any atom is -0.449 e. The van der Waals surface area contributed by atoms with Crippen LogP contribution in [-0.2, 0) is 22.5 Å². The van der Waals surface area contributed by atoms with Gasteiger partial charge in [-0.2, -0.15) is 0 Å². The molecule has 1 aromatic heterocycles. The van der Waals surface area contributed by atoms with E-state index >= 15 is 0 Å². The summed E-state index contributed by atoms with van der Waals surface area (Å²) < 4.78 is 6.34. The molecule has 2 aromatic carbocycles. The summed E-state index contributed by atoms with van der Waals surface area (Å²) in [5, 5.41) is 0. The van der Waals surface area contributed by atoms with Crippen LogP contribution in [0.15, 0.2) is 48.0 Å². The topological polar surface area (TPSA) is 59.5 Å². The monoisotopic (exact) mass is 366 g/mol. The first-order valence-electron chi connectivity index (χ1n) is 8.51. The number of fused-ring (bicyclic) bond motifs is 2. The molecular weight excluding hydrogens is 348 g/mol. The van der Waals surface area contributed by atoms with Gasteiger partial charge in [0.2, 0.25) is 0 Å². The number of hydrogen-bond donors (Lipinski definition) is 0. The minimum absolute atomic E-state index is 0.160. The molecule has 26 heavy (non-hydrogen) atoms. The second-order valence-electron chi connectivity index (χ2n) is 6.36. The van der Waals surface area contributed by atoms with Crippen molar-refractivity contribution >= 4 is 33.4 Å². The van der Waals surface area contributed by atoms with Crippen molar-refractivity contribution in [3.8, 4) is 0 Å². The van der Waals surface area contributed by atoms with Gasteiger partial charge in [0, 0.05) is 13.1 Å². The third-order valence-electron chi connectivity index (χ3n) is 4.64. The Morgan fingerprint density at radius 1 is 1.19 bits per heavy atom. The van der Waals surface area contributed by atoms with E-state index in [0.717, 1.165) is 22.2 Å². The summed E-state index contributed by atoms with van der Waals surface area (Å²) >= 11 is 1.47. The maximum absolute atomic E-state index is 12.7. The highest BCUT2D eigenvalue weighted by molar-refractivity contribution is 7.16. The van der Waals surface area contributed by atoms with Gasteiger partial charge in [0.05, 0.1) is 21.3 Å². The second kappa shape index (κ2) is 6.88. The maximum atomic E-state index is 12.7. The Bertz CT molecular complexity index is 982. The van der Waals surface area contributed by atoms with Crippen molar-refractivity contribution in [2.75, 3.05) is 6.54 Å². The molecule has 0 aliphatic carbocycles. The number of rotatable bonds is 3. The van der Waals surface area contributed by atoms with Crippen LogP contribution >= 0.6 is 11.3 Å². The molecule has 1 atom stereocenters. The fourth-order valence-corrected chi connectivity index (χ4v) is 3.92.